The van der Waals surface area contributed by atoms with Crippen molar-refractivity contribution in [3.63, 3.8) is 0 Å². The van der Waals surface area contributed by atoms with Gasteiger partial charge in [-0.15, -0.1) is 0 Å². The topological polar surface area (TPSA) is 73.4 Å². The fraction of sp³-hybridized carbons (Fsp3) is 0.526. The van der Waals surface area contributed by atoms with Crippen molar-refractivity contribution in [2.24, 2.45) is 5.73 Å². The van der Waals surface area contributed by atoms with Gasteiger partial charge in [0.2, 0.25) is 0 Å². The summed E-state index contributed by atoms with van der Waals surface area (Å²) in [5, 5.41) is 9.13. The van der Waals surface area contributed by atoms with Crippen LogP contribution >= 0.6 is 12.2 Å². The maximum absolute atomic E-state index is 13.3. The first-order valence-electron chi connectivity index (χ1n) is 9.03. The Labute approximate surface area is 167 Å². The molecule has 1 aliphatic rings. The molecule has 9 heteroatoms. The number of unbranched alkanes of at least 4 members (excludes halogenated alkanes) is 3. The van der Waals surface area contributed by atoms with E-state index in [9.17, 15) is 18.0 Å². The van der Waals surface area contributed by atoms with Gasteiger partial charge in [-0.05, 0) is 63.7 Å². The van der Waals surface area contributed by atoms with Gasteiger partial charge in [0.1, 0.15) is 5.54 Å². The second-order valence-corrected chi connectivity index (χ2v) is 7.54. The Morgan fingerprint density at radius 1 is 1.21 bits per heavy atom. The lowest BCUT2D eigenvalue weighted by molar-refractivity contribution is -0.137. The number of carbonyl (C=O) groups excluding carboxylic acids is 1. The summed E-state index contributed by atoms with van der Waals surface area (Å²) < 4.78 is 39.9. The summed E-state index contributed by atoms with van der Waals surface area (Å²) >= 11 is 5.43. The molecule has 1 heterocycles. The Kier molecular flexibility index (Phi) is 6.67. The number of anilines is 1. The van der Waals surface area contributed by atoms with E-state index < -0.39 is 28.7 Å². The van der Waals surface area contributed by atoms with Gasteiger partial charge in [0.25, 0.3) is 5.91 Å². The molecule has 1 aromatic rings. The molecule has 2 N–H and O–H groups in total. The summed E-state index contributed by atoms with van der Waals surface area (Å²) in [6.45, 7) is 4.56. The van der Waals surface area contributed by atoms with Crippen LogP contribution in [0, 0.1) is 11.3 Å². The quantitative estimate of drug-likeness (QED) is 0.545. The highest BCUT2D eigenvalue weighted by atomic mass is 32.1. The van der Waals surface area contributed by atoms with Crippen molar-refractivity contribution in [2.45, 2.75) is 51.2 Å². The van der Waals surface area contributed by atoms with Gasteiger partial charge >= 0.3 is 6.18 Å². The first kappa shape index (κ1) is 22.1. The lowest BCUT2D eigenvalue weighted by atomic mass is 10.0. The third-order valence-corrected chi connectivity index (χ3v) is 5.25. The van der Waals surface area contributed by atoms with Crippen LogP contribution in [0.15, 0.2) is 18.2 Å². The van der Waals surface area contributed by atoms with Crippen molar-refractivity contribution in [3.05, 3.63) is 29.3 Å². The summed E-state index contributed by atoms with van der Waals surface area (Å²) in [5.41, 5.74) is 2.95. The zero-order valence-corrected chi connectivity index (χ0v) is 16.7. The lowest BCUT2D eigenvalue weighted by Crippen LogP contribution is -2.44. The highest BCUT2D eigenvalue weighted by Crippen LogP contribution is 2.37. The molecule has 1 aliphatic heterocycles. The molecule has 1 fully saturated rings. The number of amides is 1. The van der Waals surface area contributed by atoms with E-state index in [1.54, 1.807) is 18.7 Å². The number of hydrogen-bond donors (Lipinski definition) is 1. The van der Waals surface area contributed by atoms with Crippen molar-refractivity contribution in [1.29, 1.82) is 5.26 Å². The molecular formula is C19H23F3N4OS. The predicted molar refractivity (Wildman–Crippen MR) is 105 cm³/mol. The number of carbonyl (C=O) groups is 1. The van der Waals surface area contributed by atoms with E-state index in [-0.39, 0.29) is 10.8 Å². The molecule has 5 nitrogen and oxygen atoms in total. The number of rotatable bonds is 7. The number of halogens is 3. The number of benzene rings is 1. The standard InChI is InChI=1S/C19H23F3N4OS/c1-18(2)16(27)26(17(28)25(18)10-6-4-3-5-9-23)14-8-7-13(12-24)15(11-14)19(20,21)22/h7-8,11H,3-6,9-10,23H2,1-2H3. The van der Waals surface area contributed by atoms with Gasteiger partial charge in [0.15, 0.2) is 5.11 Å². The molecule has 0 atom stereocenters. The van der Waals surface area contributed by atoms with E-state index in [0.29, 0.717) is 13.1 Å². The Hall–Kier alpha value is -2.18. The summed E-state index contributed by atoms with van der Waals surface area (Å²) in [7, 11) is 0. The van der Waals surface area contributed by atoms with E-state index in [0.717, 1.165) is 42.7 Å². The van der Waals surface area contributed by atoms with Crippen LogP contribution in [-0.2, 0) is 11.0 Å². The van der Waals surface area contributed by atoms with E-state index in [2.05, 4.69) is 0 Å². The van der Waals surface area contributed by atoms with Gasteiger partial charge in [-0.25, -0.2) is 0 Å². The second kappa shape index (κ2) is 8.45. The first-order chi connectivity index (χ1) is 13.1. The van der Waals surface area contributed by atoms with Crippen molar-refractivity contribution >= 4 is 28.9 Å². The van der Waals surface area contributed by atoms with Gasteiger partial charge in [-0.1, -0.05) is 12.8 Å². The van der Waals surface area contributed by atoms with Crippen molar-refractivity contribution < 1.29 is 18.0 Å². The molecule has 0 bridgehead atoms. The van der Waals surface area contributed by atoms with Crippen molar-refractivity contribution in [3.8, 4) is 6.07 Å². The van der Waals surface area contributed by atoms with Crippen LogP contribution in [0.5, 0.6) is 0 Å². The number of thiocarbonyl (C=S) groups is 1. The number of hydrogen-bond acceptors (Lipinski definition) is 4. The van der Waals surface area contributed by atoms with Gasteiger partial charge in [-0.3, -0.25) is 9.69 Å². The van der Waals surface area contributed by atoms with Crippen molar-refractivity contribution in [2.75, 3.05) is 18.0 Å². The number of alkyl halides is 3. The fourth-order valence-electron chi connectivity index (χ4n) is 3.21. The zero-order valence-electron chi connectivity index (χ0n) is 15.8. The Balaban J connectivity index is 2.30. The van der Waals surface area contributed by atoms with Crippen molar-refractivity contribution in [1.82, 2.24) is 4.90 Å². The smallest absolute Gasteiger partial charge is 0.334 e. The minimum absolute atomic E-state index is 0.0139. The molecule has 0 unspecified atom stereocenters. The maximum atomic E-state index is 13.3. The van der Waals surface area contributed by atoms with Gasteiger partial charge in [-0.2, -0.15) is 18.4 Å². The second-order valence-electron chi connectivity index (χ2n) is 7.18. The van der Waals surface area contributed by atoms with E-state index in [1.165, 1.54) is 12.1 Å². The number of nitrogens with zero attached hydrogens (tertiary/aromatic N) is 3. The van der Waals surface area contributed by atoms with Crippen LogP contribution in [0.4, 0.5) is 18.9 Å². The monoisotopic (exact) mass is 412 g/mol. The highest BCUT2D eigenvalue weighted by Gasteiger charge is 2.49. The average molecular weight is 412 g/mol. The number of nitriles is 1. The van der Waals surface area contributed by atoms with E-state index in [1.807, 2.05) is 0 Å². The number of nitrogens with two attached hydrogens (primary N) is 1. The predicted octanol–water partition coefficient (Wildman–Crippen LogP) is 3.81. The molecule has 28 heavy (non-hydrogen) atoms. The molecule has 0 spiro atoms. The third kappa shape index (κ3) is 4.28. The Bertz CT molecular complexity index is 801. The van der Waals surface area contributed by atoms with Gasteiger partial charge < -0.3 is 10.6 Å². The Morgan fingerprint density at radius 3 is 2.43 bits per heavy atom. The van der Waals surface area contributed by atoms with Gasteiger partial charge in [0.05, 0.1) is 22.9 Å². The van der Waals surface area contributed by atoms with Gasteiger partial charge in [0, 0.05) is 6.54 Å². The molecule has 1 saturated heterocycles. The minimum Gasteiger partial charge on any atom is -0.334 e. The molecule has 0 saturated carbocycles. The average Bonchev–Trinajstić information content (AvgIpc) is 2.79. The van der Waals surface area contributed by atoms with Crippen LogP contribution in [0.1, 0.15) is 50.7 Å². The van der Waals surface area contributed by atoms with E-state index >= 15 is 0 Å². The maximum Gasteiger partial charge on any atom is 0.417 e. The van der Waals surface area contributed by atoms with Crippen LogP contribution < -0.4 is 10.6 Å². The highest BCUT2D eigenvalue weighted by molar-refractivity contribution is 7.80. The molecule has 0 aliphatic carbocycles. The summed E-state index contributed by atoms with van der Waals surface area (Å²) in [6.07, 6.45) is -1.09. The van der Waals surface area contributed by atoms with Crippen LogP contribution in [0.2, 0.25) is 0 Å². The molecule has 1 aromatic carbocycles. The first-order valence-corrected chi connectivity index (χ1v) is 9.44. The Morgan fingerprint density at radius 2 is 1.86 bits per heavy atom. The SMILES string of the molecule is CC1(C)C(=O)N(c2ccc(C#N)c(C(F)(F)F)c2)C(=S)N1CCCCCCN. The molecular weight excluding hydrogens is 389 g/mol. The third-order valence-electron chi connectivity index (χ3n) is 4.85. The van der Waals surface area contributed by atoms with E-state index in [4.69, 9.17) is 23.2 Å². The largest absolute Gasteiger partial charge is 0.417 e. The molecule has 152 valence electrons. The van der Waals surface area contributed by atoms with Crippen LogP contribution in [-0.4, -0.2) is 34.5 Å². The molecule has 1 amide bonds. The molecule has 2 rings (SSSR count). The molecule has 0 radical (unpaired) electrons. The zero-order chi connectivity index (χ0) is 21.1. The van der Waals surface area contributed by atoms with Crippen LogP contribution in [0.25, 0.3) is 0 Å². The lowest BCUT2D eigenvalue weighted by Gasteiger charge is -2.29. The fourth-order valence-corrected chi connectivity index (χ4v) is 3.72. The summed E-state index contributed by atoms with van der Waals surface area (Å²) in [4.78, 5) is 15.8. The molecule has 0 aromatic heterocycles. The van der Waals surface area contributed by atoms with Crippen LogP contribution in [0.3, 0.4) is 0 Å². The summed E-state index contributed by atoms with van der Waals surface area (Å²) in [6, 6.07) is 4.73. The summed E-state index contributed by atoms with van der Waals surface area (Å²) in [5.74, 6) is -0.391. The minimum atomic E-state index is -4.70. The normalized spacial score (nSPS) is 16.6.